The molecule has 1 saturated carbocycles. The molecule has 2 saturated heterocycles. The van der Waals surface area contributed by atoms with Crippen molar-refractivity contribution in [2.45, 2.75) is 43.7 Å². The van der Waals surface area contributed by atoms with Crippen molar-refractivity contribution >= 4 is 17.6 Å². The van der Waals surface area contributed by atoms with Crippen LogP contribution in [0.5, 0.6) is 0 Å². The summed E-state index contributed by atoms with van der Waals surface area (Å²) in [6.07, 6.45) is 4.87. The number of aliphatic hydroxyl groups excluding tert-OH is 1. The van der Waals surface area contributed by atoms with Crippen LogP contribution in [0, 0.1) is 23.6 Å². The molecular weight excluding hydrogens is 433 g/mol. The predicted octanol–water partition coefficient (Wildman–Crippen LogP) is 3.57. The third kappa shape index (κ3) is 4.26. The van der Waals surface area contributed by atoms with E-state index in [0.717, 1.165) is 11.1 Å². The molecule has 3 aliphatic rings. The van der Waals surface area contributed by atoms with Crippen LogP contribution in [0.15, 0.2) is 48.5 Å². The summed E-state index contributed by atoms with van der Waals surface area (Å²) in [5.41, 5.74) is 2.05. The van der Waals surface area contributed by atoms with Gasteiger partial charge in [0.15, 0.2) is 0 Å². The third-order valence-electron chi connectivity index (χ3n) is 7.23. The summed E-state index contributed by atoms with van der Waals surface area (Å²) in [6.45, 7) is 0.0731. The molecule has 2 aliphatic heterocycles. The zero-order valence-electron chi connectivity index (χ0n) is 18.9. The highest BCUT2D eigenvalue weighted by atomic mass is 19.1. The van der Waals surface area contributed by atoms with E-state index in [2.05, 4.69) is 17.2 Å². The molecule has 5 rings (SSSR count). The van der Waals surface area contributed by atoms with E-state index in [9.17, 15) is 19.1 Å². The maximum atomic E-state index is 14.0. The number of amides is 3. The summed E-state index contributed by atoms with van der Waals surface area (Å²) in [5.74, 6) is 6.30. The van der Waals surface area contributed by atoms with Crippen molar-refractivity contribution in [2.24, 2.45) is 5.92 Å². The van der Waals surface area contributed by atoms with E-state index in [0.29, 0.717) is 12.5 Å². The van der Waals surface area contributed by atoms with Crippen molar-refractivity contribution in [2.75, 3.05) is 25.0 Å². The SMILES string of the molecule is O=C(Nc1ccccc1F)N1CC(=O)N2[C@H](CO)[C@H](c3ccc(C#CC4CCCC4)cc3)[C@H]2C1. The standard InChI is InChI=1S/C27H28FN3O3/c28-21-7-3-4-8-22(21)29-27(34)30-15-23-26(24(17-32)31(23)25(33)16-30)20-13-11-19(12-14-20)10-9-18-5-1-2-6-18/h3-4,7-8,11-14,18,23-24,26,32H,1-2,5-6,15-17H2,(H,29,34)/t23-,24-,26-/m1/s1. The molecule has 1 aliphatic carbocycles. The number of nitrogens with zero attached hydrogens (tertiary/aromatic N) is 2. The number of para-hydroxylation sites is 1. The van der Waals surface area contributed by atoms with Gasteiger partial charge in [0.2, 0.25) is 5.91 Å². The Morgan fingerprint density at radius 3 is 2.56 bits per heavy atom. The third-order valence-corrected chi connectivity index (χ3v) is 7.23. The van der Waals surface area contributed by atoms with Crippen molar-refractivity contribution in [3.63, 3.8) is 0 Å². The number of halogens is 1. The molecule has 3 fully saturated rings. The van der Waals surface area contributed by atoms with Gasteiger partial charge in [-0.2, -0.15) is 0 Å². The number of carbonyl (C=O) groups excluding carboxylic acids is 2. The van der Waals surface area contributed by atoms with Crippen molar-refractivity contribution in [3.05, 3.63) is 65.5 Å². The molecule has 34 heavy (non-hydrogen) atoms. The van der Waals surface area contributed by atoms with Crippen molar-refractivity contribution < 1.29 is 19.1 Å². The lowest BCUT2D eigenvalue weighted by molar-refractivity contribution is -0.159. The van der Waals surface area contributed by atoms with Crippen LogP contribution in [0.25, 0.3) is 0 Å². The van der Waals surface area contributed by atoms with Gasteiger partial charge in [0, 0.05) is 23.9 Å². The molecule has 6 nitrogen and oxygen atoms in total. The number of hydrogen-bond donors (Lipinski definition) is 2. The second kappa shape index (κ2) is 9.47. The summed E-state index contributed by atoms with van der Waals surface area (Å²) >= 11 is 0. The number of piperazine rings is 1. The number of fused-ring (bicyclic) bond motifs is 1. The van der Waals surface area contributed by atoms with Gasteiger partial charge < -0.3 is 20.2 Å². The topological polar surface area (TPSA) is 72.9 Å². The van der Waals surface area contributed by atoms with E-state index in [4.69, 9.17) is 0 Å². The maximum Gasteiger partial charge on any atom is 0.322 e. The molecule has 2 aromatic carbocycles. The minimum absolute atomic E-state index is 0.0788. The van der Waals surface area contributed by atoms with Gasteiger partial charge in [0.05, 0.1) is 24.4 Å². The largest absolute Gasteiger partial charge is 0.394 e. The van der Waals surface area contributed by atoms with Gasteiger partial charge in [0.25, 0.3) is 0 Å². The summed E-state index contributed by atoms with van der Waals surface area (Å²) in [4.78, 5) is 28.7. The molecule has 7 heteroatoms. The number of hydrogen-bond acceptors (Lipinski definition) is 3. The van der Waals surface area contributed by atoms with E-state index in [1.807, 2.05) is 24.3 Å². The Morgan fingerprint density at radius 1 is 1.12 bits per heavy atom. The number of carbonyl (C=O) groups is 2. The first-order valence-electron chi connectivity index (χ1n) is 11.9. The highest BCUT2D eigenvalue weighted by molar-refractivity contribution is 5.94. The Labute approximate surface area is 198 Å². The number of aliphatic hydroxyl groups is 1. The highest BCUT2D eigenvalue weighted by Crippen LogP contribution is 2.43. The molecule has 2 aromatic rings. The fourth-order valence-electron chi connectivity index (χ4n) is 5.46. The summed E-state index contributed by atoms with van der Waals surface area (Å²) < 4.78 is 14.0. The number of benzene rings is 2. The van der Waals surface area contributed by atoms with Crippen LogP contribution in [0.3, 0.4) is 0 Å². The van der Waals surface area contributed by atoms with Crippen LogP contribution in [-0.2, 0) is 4.79 Å². The van der Waals surface area contributed by atoms with E-state index in [1.165, 1.54) is 42.7 Å². The fraction of sp³-hybridized carbons (Fsp3) is 0.407. The highest BCUT2D eigenvalue weighted by Gasteiger charge is 2.54. The Hall–Kier alpha value is -3.37. The van der Waals surface area contributed by atoms with E-state index in [1.54, 1.807) is 17.0 Å². The smallest absolute Gasteiger partial charge is 0.322 e. The molecular formula is C27H28FN3O3. The van der Waals surface area contributed by atoms with Gasteiger partial charge in [-0.25, -0.2) is 9.18 Å². The van der Waals surface area contributed by atoms with E-state index in [-0.39, 0.29) is 42.7 Å². The number of rotatable bonds is 3. The van der Waals surface area contributed by atoms with Crippen LogP contribution in [-0.4, -0.2) is 58.6 Å². The van der Waals surface area contributed by atoms with Crippen LogP contribution >= 0.6 is 0 Å². The predicted molar refractivity (Wildman–Crippen MR) is 127 cm³/mol. The number of anilines is 1. The monoisotopic (exact) mass is 461 g/mol. The average Bonchev–Trinajstić information content (AvgIpc) is 3.35. The summed E-state index contributed by atoms with van der Waals surface area (Å²) in [5, 5.41) is 12.5. The van der Waals surface area contributed by atoms with Gasteiger partial charge in [0.1, 0.15) is 12.4 Å². The second-order valence-corrected chi connectivity index (χ2v) is 9.31. The zero-order valence-corrected chi connectivity index (χ0v) is 18.9. The normalized spacial score (nSPS) is 24.2. The molecule has 0 bridgehead atoms. The molecule has 176 valence electrons. The van der Waals surface area contributed by atoms with Gasteiger partial charge in [-0.3, -0.25) is 4.79 Å². The lowest BCUT2D eigenvalue weighted by Crippen LogP contribution is -2.73. The van der Waals surface area contributed by atoms with Crippen LogP contribution in [0.4, 0.5) is 14.9 Å². The Balaban J connectivity index is 1.30. The molecule has 0 radical (unpaired) electrons. The molecule has 0 unspecified atom stereocenters. The summed E-state index contributed by atoms with van der Waals surface area (Å²) in [6, 6.07) is 12.9. The molecule has 2 heterocycles. The first-order chi connectivity index (χ1) is 16.5. The van der Waals surface area contributed by atoms with E-state index < -0.39 is 11.8 Å². The second-order valence-electron chi connectivity index (χ2n) is 9.31. The molecule has 3 atom stereocenters. The lowest BCUT2D eigenvalue weighted by atomic mass is 9.73. The van der Waals surface area contributed by atoms with Gasteiger partial charge >= 0.3 is 6.03 Å². The summed E-state index contributed by atoms with van der Waals surface area (Å²) in [7, 11) is 0. The Kier molecular flexibility index (Phi) is 6.25. The number of nitrogens with one attached hydrogen (secondary N) is 1. The minimum atomic E-state index is -0.529. The van der Waals surface area contributed by atoms with Crippen LogP contribution in [0.1, 0.15) is 42.7 Å². The van der Waals surface area contributed by atoms with Crippen molar-refractivity contribution in [1.29, 1.82) is 0 Å². The maximum absolute atomic E-state index is 14.0. The van der Waals surface area contributed by atoms with Crippen molar-refractivity contribution in [1.82, 2.24) is 9.80 Å². The van der Waals surface area contributed by atoms with Crippen LogP contribution < -0.4 is 5.32 Å². The van der Waals surface area contributed by atoms with Gasteiger partial charge in [-0.1, -0.05) is 48.9 Å². The van der Waals surface area contributed by atoms with Crippen molar-refractivity contribution in [3.8, 4) is 11.8 Å². The number of urea groups is 1. The quantitative estimate of drug-likeness (QED) is 0.687. The fourth-order valence-corrected chi connectivity index (χ4v) is 5.46. The minimum Gasteiger partial charge on any atom is -0.394 e. The molecule has 0 aromatic heterocycles. The Morgan fingerprint density at radius 2 is 1.85 bits per heavy atom. The molecule has 3 amide bonds. The molecule has 0 spiro atoms. The van der Waals surface area contributed by atoms with E-state index >= 15 is 0 Å². The van der Waals surface area contributed by atoms with Gasteiger partial charge in [-0.05, 0) is 42.7 Å². The van der Waals surface area contributed by atoms with Crippen LogP contribution in [0.2, 0.25) is 0 Å². The average molecular weight is 462 g/mol. The first-order valence-corrected chi connectivity index (χ1v) is 11.9. The first kappa shape index (κ1) is 22.4. The van der Waals surface area contributed by atoms with Gasteiger partial charge in [-0.15, -0.1) is 0 Å². The molecule has 2 N–H and O–H groups in total. The zero-order chi connectivity index (χ0) is 23.7. The Bertz CT molecular complexity index is 1130. The lowest BCUT2D eigenvalue weighted by Gasteiger charge is -2.58.